The van der Waals surface area contributed by atoms with E-state index in [1.807, 2.05) is 31.2 Å². The van der Waals surface area contributed by atoms with Gasteiger partial charge >= 0.3 is 0 Å². The lowest BCUT2D eigenvalue weighted by atomic mass is 10.1. The van der Waals surface area contributed by atoms with E-state index < -0.39 is 0 Å². The third kappa shape index (κ3) is 2.41. The zero-order valence-corrected chi connectivity index (χ0v) is 10.1. The van der Waals surface area contributed by atoms with Gasteiger partial charge in [-0.3, -0.25) is 0 Å². The third-order valence-electron chi connectivity index (χ3n) is 2.54. The summed E-state index contributed by atoms with van der Waals surface area (Å²) in [6, 6.07) is 7.77. The van der Waals surface area contributed by atoms with E-state index in [0.717, 1.165) is 29.0 Å². The monoisotopic (exact) mass is 232 g/mol. The van der Waals surface area contributed by atoms with Crippen LogP contribution >= 0.6 is 0 Å². The summed E-state index contributed by atoms with van der Waals surface area (Å²) in [4.78, 5) is 0. The van der Waals surface area contributed by atoms with Gasteiger partial charge in [0.25, 0.3) is 0 Å². The Balaban J connectivity index is 2.30. The van der Waals surface area contributed by atoms with Crippen molar-refractivity contribution in [3.63, 3.8) is 0 Å². The number of benzene rings is 1. The second-order valence-electron chi connectivity index (χ2n) is 3.90. The van der Waals surface area contributed by atoms with Crippen LogP contribution in [0.4, 0.5) is 5.88 Å². The highest BCUT2D eigenvalue weighted by atomic mass is 16.5. The van der Waals surface area contributed by atoms with Crippen molar-refractivity contribution in [2.45, 2.75) is 20.3 Å². The molecule has 0 amide bonds. The summed E-state index contributed by atoms with van der Waals surface area (Å²) in [6.45, 7) is 4.68. The Morgan fingerprint density at radius 3 is 2.88 bits per heavy atom. The first-order valence-electron chi connectivity index (χ1n) is 5.67. The van der Waals surface area contributed by atoms with Gasteiger partial charge in [0.15, 0.2) is 0 Å². The predicted octanol–water partition coefficient (Wildman–Crippen LogP) is 3.02. The van der Waals surface area contributed by atoms with E-state index in [1.165, 1.54) is 0 Å². The SMILES string of the molecule is CCCOc1cccc(-c2noc(N)c2C)c1. The van der Waals surface area contributed by atoms with Gasteiger partial charge in [0.05, 0.1) is 6.61 Å². The fourth-order valence-corrected chi connectivity index (χ4v) is 1.57. The number of rotatable bonds is 4. The second kappa shape index (κ2) is 4.91. The molecule has 0 radical (unpaired) electrons. The molecule has 4 nitrogen and oxygen atoms in total. The molecule has 0 aliphatic carbocycles. The lowest BCUT2D eigenvalue weighted by Crippen LogP contribution is -1.95. The maximum absolute atomic E-state index is 5.64. The van der Waals surface area contributed by atoms with Crippen LogP contribution in [0.5, 0.6) is 5.75 Å². The van der Waals surface area contributed by atoms with Crippen LogP contribution in [0, 0.1) is 6.92 Å². The quantitative estimate of drug-likeness (QED) is 0.880. The van der Waals surface area contributed by atoms with Crippen molar-refractivity contribution in [1.29, 1.82) is 0 Å². The van der Waals surface area contributed by atoms with Gasteiger partial charge in [0.2, 0.25) is 5.88 Å². The molecule has 17 heavy (non-hydrogen) atoms. The van der Waals surface area contributed by atoms with E-state index >= 15 is 0 Å². The van der Waals surface area contributed by atoms with Gasteiger partial charge in [-0.25, -0.2) is 0 Å². The highest BCUT2D eigenvalue weighted by Crippen LogP contribution is 2.28. The van der Waals surface area contributed by atoms with Crippen LogP contribution in [0.25, 0.3) is 11.3 Å². The van der Waals surface area contributed by atoms with Gasteiger partial charge in [0, 0.05) is 11.1 Å². The molecule has 4 heteroatoms. The molecule has 0 fully saturated rings. The molecule has 0 aliphatic rings. The number of nitrogen functional groups attached to an aromatic ring is 1. The largest absolute Gasteiger partial charge is 0.494 e. The second-order valence-corrected chi connectivity index (χ2v) is 3.90. The summed E-state index contributed by atoms with van der Waals surface area (Å²) < 4.78 is 10.5. The molecular formula is C13H16N2O2. The zero-order valence-electron chi connectivity index (χ0n) is 10.1. The van der Waals surface area contributed by atoms with Crippen LogP contribution in [0.15, 0.2) is 28.8 Å². The Hall–Kier alpha value is -1.97. The van der Waals surface area contributed by atoms with Crippen molar-refractivity contribution in [3.8, 4) is 17.0 Å². The summed E-state index contributed by atoms with van der Waals surface area (Å²) in [7, 11) is 0. The third-order valence-corrected chi connectivity index (χ3v) is 2.54. The van der Waals surface area contributed by atoms with E-state index in [9.17, 15) is 0 Å². The van der Waals surface area contributed by atoms with Crippen molar-refractivity contribution in [2.24, 2.45) is 0 Å². The Kier molecular flexibility index (Phi) is 3.32. The molecule has 0 unspecified atom stereocenters. The molecule has 0 saturated carbocycles. The number of nitrogens with zero attached hydrogens (tertiary/aromatic N) is 1. The smallest absolute Gasteiger partial charge is 0.225 e. The van der Waals surface area contributed by atoms with Gasteiger partial charge in [-0.1, -0.05) is 24.2 Å². The summed E-state index contributed by atoms with van der Waals surface area (Å²) in [5.74, 6) is 1.20. The van der Waals surface area contributed by atoms with Gasteiger partial charge in [0.1, 0.15) is 11.4 Å². The number of anilines is 1. The molecule has 0 spiro atoms. The van der Waals surface area contributed by atoms with Gasteiger partial charge in [-0.2, -0.15) is 0 Å². The first-order chi connectivity index (χ1) is 8.22. The van der Waals surface area contributed by atoms with E-state index in [-0.39, 0.29) is 0 Å². The fraction of sp³-hybridized carbons (Fsp3) is 0.308. The van der Waals surface area contributed by atoms with E-state index in [0.29, 0.717) is 12.5 Å². The highest BCUT2D eigenvalue weighted by Gasteiger charge is 2.11. The van der Waals surface area contributed by atoms with Gasteiger partial charge < -0.3 is 15.0 Å². The van der Waals surface area contributed by atoms with Crippen LogP contribution in [-0.2, 0) is 0 Å². The van der Waals surface area contributed by atoms with Crippen molar-refractivity contribution in [3.05, 3.63) is 29.8 Å². The number of hydrogen-bond donors (Lipinski definition) is 1. The fourth-order valence-electron chi connectivity index (χ4n) is 1.57. The average molecular weight is 232 g/mol. The minimum absolute atomic E-state index is 0.361. The number of ether oxygens (including phenoxy) is 1. The Labute approximate surface area is 100 Å². The molecule has 2 N–H and O–H groups in total. The molecule has 1 aromatic carbocycles. The lowest BCUT2D eigenvalue weighted by molar-refractivity contribution is 0.317. The summed E-state index contributed by atoms with van der Waals surface area (Å²) in [5.41, 5.74) is 8.22. The Bertz CT molecular complexity index is 506. The van der Waals surface area contributed by atoms with Gasteiger partial charge in [-0.15, -0.1) is 0 Å². The minimum Gasteiger partial charge on any atom is -0.494 e. The summed E-state index contributed by atoms with van der Waals surface area (Å²) in [5, 5.41) is 3.95. The summed E-state index contributed by atoms with van der Waals surface area (Å²) in [6.07, 6.45) is 0.986. The predicted molar refractivity (Wildman–Crippen MR) is 66.9 cm³/mol. The van der Waals surface area contributed by atoms with Crippen LogP contribution in [-0.4, -0.2) is 11.8 Å². The number of aromatic nitrogens is 1. The first kappa shape index (κ1) is 11.5. The van der Waals surface area contributed by atoms with Crippen LogP contribution in [0.3, 0.4) is 0 Å². The molecule has 2 aromatic rings. The first-order valence-corrected chi connectivity index (χ1v) is 5.67. The molecular weight excluding hydrogens is 216 g/mol. The minimum atomic E-state index is 0.361. The van der Waals surface area contributed by atoms with Crippen molar-refractivity contribution in [2.75, 3.05) is 12.3 Å². The Morgan fingerprint density at radius 1 is 1.41 bits per heavy atom. The Morgan fingerprint density at radius 2 is 2.24 bits per heavy atom. The van der Waals surface area contributed by atoms with Crippen LogP contribution in [0.2, 0.25) is 0 Å². The summed E-state index contributed by atoms with van der Waals surface area (Å²) >= 11 is 0. The van der Waals surface area contributed by atoms with Gasteiger partial charge in [-0.05, 0) is 25.5 Å². The topological polar surface area (TPSA) is 61.3 Å². The molecule has 0 bridgehead atoms. The van der Waals surface area contributed by atoms with E-state index in [1.54, 1.807) is 0 Å². The normalized spacial score (nSPS) is 10.5. The zero-order chi connectivity index (χ0) is 12.3. The molecule has 1 heterocycles. The molecule has 0 atom stereocenters. The number of hydrogen-bond acceptors (Lipinski definition) is 4. The number of nitrogens with two attached hydrogens (primary N) is 1. The molecule has 0 aliphatic heterocycles. The maximum Gasteiger partial charge on any atom is 0.225 e. The van der Waals surface area contributed by atoms with Crippen molar-refractivity contribution >= 4 is 5.88 Å². The molecule has 0 saturated heterocycles. The van der Waals surface area contributed by atoms with E-state index in [4.69, 9.17) is 15.0 Å². The standard InChI is InChI=1S/C13H16N2O2/c1-3-7-16-11-6-4-5-10(8-11)12-9(2)13(14)17-15-12/h4-6,8H,3,7,14H2,1-2H3. The highest BCUT2D eigenvalue weighted by molar-refractivity contribution is 5.67. The van der Waals surface area contributed by atoms with E-state index in [2.05, 4.69) is 12.1 Å². The molecule has 90 valence electrons. The molecule has 2 rings (SSSR count). The molecule has 1 aromatic heterocycles. The van der Waals surface area contributed by atoms with Crippen molar-refractivity contribution < 1.29 is 9.26 Å². The van der Waals surface area contributed by atoms with Crippen LogP contribution in [0.1, 0.15) is 18.9 Å². The lowest BCUT2D eigenvalue weighted by Gasteiger charge is -2.05. The maximum atomic E-state index is 5.64. The average Bonchev–Trinajstić information content (AvgIpc) is 2.68. The van der Waals surface area contributed by atoms with Crippen molar-refractivity contribution in [1.82, 2.24) is 5.16 Å². The van der Waals surface area contributed by atoms with Crippen LogP contribution < -0.4 is 10.5 Å².